The molecule has 2 aromatic rings. The average molecular weight is 357 g/mol. The van der Waals surface area contributed by atoms with E-state index >= 15 is 0 Å². The zero-order valence-corrected chi connectivity index (χ0v) is 16.7. The van der Waals surface area contributed by atoms with E-state index < -0.39 is 0 Å². The van der Waals surface area contributed by atoms with Crippen LogP contribution in [0.5, 0.6) is 0 Å². The van der Waals surface area contributed by atoms with E-state index in [1.54, 1.807) is 0 Å². The molecule has 2 N–H and O–H groups in total. The van der Waals surface area contributed by atoms with Gasteiger partial charge in [0.05, 0.1) is 0 Å². The Labute approximate surface area is 157 Å². The molecule has 0 aliphatic heterocycles. The van der Waals surface area contributed by atoms with Gasteiger partial charge in [0.1, 0.15) is 12.4 Å². The lowest BCUT2D eigenvalue weighted by Gasteiger charge is -2.11. The van der Waals surface area contributed by atoms with Gasteiger partial charge in [-0.25, -0.2) is 4.99 Å². The highest BCUT2D eigenvalue weighted by Gasteiger charge is 2.05. The first-order chi connectivity index (χ1) is 12.5. The molecule has 0 fully saturated rings. The van der Waals surface area contributed by atoms with Crippen LogP contribution in [0.4, 0.5) is 0 Å². The number of nitrogens with zero attached hydrogens (tertiary/aromatic N) is 4. The van der Waals surface area contributed by atoms with Gasteiger partial charge in [0.25, 0.3) is 0 Å². The number of aromatic nitrogens is 3. The van der Waals surface area contributed by atoms with Crippen molar-refractivity contribution in [3.05, 3.63) is 47.0 Å². The fraction of sp³-hybridized carbons (Fsp3) is 0.550. The summed E-state index contributed by atoms with van der Waals surface area (Å²) in [6.07, 6.45) is 2.13. The minimum absolute atomic E-state index is 0.517. The molecular weight excluding hydrogens is 324 g/mol. The highest BCUT2D eigenvalue weighted by atomic mass is 15.3. The minimum atomic E-state index is 0.517. The molecule has 6 heteroatoms. The molecule has 0 aliphatic rings. The van der Waals surface area contributed by atoms with Crippen molar-refractivity contribution in [3.63, 3.8) is 0 Å². The third-order valence-electron chi connectivity index (χ3n) is 4.49. The second-order valence-corrected chi connectivity index (χ2v) is 6.84. The van der Waals surface area contributed by atoms with Crippen molar-refractivity contribution in [2.75, 3.05) is 13.1 Å². The standard InChI is InChI=1S/C20H32N6/c1-6-21-20(23-14-19-25-24-16(4)26(19)5)22-13-7-8-17-9-11-18(12-10-17)15(2)3/h9-12,15H,6-8,13-14H2,1-5H3,(H2,21,22,23). The van der Waals surface area contributed by atoms with Gasteiger partial charge in [0, 0.05) is 20.1 Å². The molecule has 142 valence electrons. The summed E-state index contributed by atoms with van der Waals surface area (Å²) in [7, 11) is 1.96. The molecule has 0 unspecified atom stereocenters. The van der Waals surface area contributed by atoms with Crippen molar-refractivity contribution in [2.24, 2.45) is 12.0 Å². The molecular formula is C20H32N6. The van der Waals surface area contributed by atoms with Crippen molar-refractivity contribution in [1.29, 1.82) is 0 Å². The van der Waals surface area contributed by atoms with E-state index in [4.69, 9.17) is 0 Å². The summed E-state index contributed by atoms with van der Waals surface area (Å²) >= 11 is 0. The van der Waals surface area contributed by atoms with Crippen molar-refractivity contribution in [1.82, 2.24) is 25.4 Å². The normalized spacial score (nSPS) is 11.8. The van der Waals surface area contributed by atoms with E-state index in [9.17, 15) is 0 Å². The van der Waals surface area contributed by atoms with Gasteiger partial charge >= 0.3 is 0 Å². The smallest absolute Gasteiger partial charge is 0.191 e. The topological polar surface area (TPSA) is 67.1 Å². The lowest BCUT2D eigenvalue weighted by atomic mass is 10.0. The van der Waals surface area contributed by atoms with E-state index in [1.807, 2.05) is 18.5 Å². The van der Waals surface area contributed by atoms with Crippen LogP contribution < -0.4 is 10.6 Å². The molecule has 0 saturated carbocycles. The first-order valence-electron chi connectivity index (χ1n) is 9.47. The molecule has 2 rings (SSSR count). The Morgan fingerprint density at radius 1 is 1.15 bits per heavy atom. The van der Waals surface area contributed by atoms with E-state index in [2.05, 4.69) is 70.9 Å². The molecule has 1 aromatic heterocycles. The quantitative estimate of drug-likeness (QED) is 0.433. The molecule has 0 spiro atoms. The number of guanidine groups is 1. The van der Waals surface area contributed by atoms with Gasteiger partial charge < -0.3 is 15.2 Å². The van der Waals surface area contributed by atoms with Crippen LogP contribution in [-0.2, 0) is 20.0 Å². The van der Waals surface area contributed by atoms with Gasteiger partial charge in [-0.15, -0.1) is 10.2 Å². The van der Waals surface area contributed by atoms with Crippen LogP contribution in [0, 0.1) is 6.92 Å². The van der Waals surface area contributed by atoms with Crippen LogP contribution in [-0.4, -0.2) is 33.8 Å². The fourth-order valence-corrected chi connectivity index (χ4v) is 2.65. The van der Waals surface area contributed by atoms with Gasteiger partial charge in [-0.1, -0.05) is 38.1 Å². The Hall–Kier alpha value is -2.37. The monoisotopic (exact) mass is 356 g/mol. The van der Waals surface area contributed by atoms with Gasteiger partial charge in [-0.3, -0.25) is 0 Å². The van der Waals surface area contributed by atoms with Crippen LogP contribution in [0.15, 0.2) is 29.3 Å². The van der Waals surface area contributed by atoms with Gasteiger partial charge in [0.15, 0.2) is 11.8 Å². The van der Waals surface area contributed by atoms with Gasteiger partial charge in [0.2, 0.25) is 0 Å². The Morgan fingerprint density at radius 2 is 1.88 bits per heavy atom. The number of aliphatic imine (C=N–C) groups is 1. The third kappa shape index (κ3) is 5.86. The highest BCUT2D eigenvalue weighted by molar-refractivity contribution is 5.79. The zero-order chi connectivity index (χ0) is 18.9. The molecule has 0 radical (unpaired) electrons. The Bertz CT molecular complexity index is 700. The minimum Gasteiger partial charge on any atom is -0.357 e. The van der Waals surface area contributed by atoms with E-state index in [-0.39, 0.29) is 0 Å². The molecule has 0 saturated heterocycles. The number of hydrogen-bond acceptors (Lipinski definition) is 3. The molecule has 1 heterocycles. The second-order valence-electron chi connectivity index (χ2n) is 6.84. The molecule has 0 aliphatic carbocycles. The number of benzene rings is 1. The van der Waals surface area contributed by atoms with Gasteiger partial charge in [-0.2, -0.15) is 0 Å². The predicted molar refractivity (Wildman–Crippen MR) is 107 cm³/mol. The fourth-order valence-electron chi connectivity index (χ4n) is 2.65. The number of nitrogens with one attached hydrogen (secondary N) is 2. The molecule has 0 amide bonds. The van der Waals surface area contributed by atoms with Crippen LogP contribution in [0.3, 0.4) is 0 Å². The van der Waals surface area contributed by atoms with E-state index in [0.717, 1.165) is 43.5 Å². The highest BCUT2D eigenvalue weighted by Crippen LogP contribution is 2.15. The number of rotatable bonds is 8. The Balaban J connectivity index is 1.80. The van der Waals surface area contributed by atoms with E-state index in [0.29, 0.717) is 12.5 Å². The zero-order valence-electron chi connectivity index (χ0n) is 16.7. The largest absolute Gasteiger partial charge is 0.357 e. The number of aryl methyl sites for hydroxylation is 2. The maximum Gasteiger partial charge on any atom is 0.191 e. The first kappa shape index (κ1) is 19.9. The van der Waals surface area contributed by atoms with Crippen LogP contribution >= 0.6 is 0 Å². The summed E-state index contributed by atoms with van der Waals surface area (Å²) in [5, 5.41) is 14.9. The maximum atomic E-state index is 4.60. The van der Waals surface area contributed by atoms with Gasteiger partial charge in [-0.05, 0) is 43.7 Å². The summed E-state index contributed by atoms with van der Waals surface area (Å²) in [4.78, 5) is 4.60. The molecule has 26 heavy (non-hydrogen) atoms. The molecule has 1 aromatic carbocycles. The average Bonchev–Trinajstić information content (AvgIpc) is 2.95. The van der Waals surface area contributed by atoms with Crippen LogP contribution in [0.25, 0.3) is 0 Å². The maximum absolute atomic E-state index is 4.60. The van der Waals surface area contributed by atoms with Crippen molar-refractivity contribution in [2.45, 2.75) is 53.0 Å². The van der Waals surface area contributed by atoms with Crippen molar-refractivity contribution in [3.8, 4) is 0 Å². The number of hydrogen-bond donors (Lipinski definition) is 2. The van der Waals surface area contributed by atoms with Crippen LogP contribution in [0.2, 0.25) is 0 Å². The molecule has 6 nitrogen and oxygen atoms in total. The van der Waals surface area contributed by atoms with Crippen molar-refractivity contribution >= 4 is 5.96 Å². The summed E-state index contributed by atoms with van der Waals surface area (Å²) < 4.78 is 1.97. The SMILES string of the molecule is CCNC(=NCc1nnc(C)n1C)NCCCc1ccc(C(C)C)cc1. The Kier molecular flexibility index (Phi) is 7.63. The summed E-state index contributed by atoms with van der Waals surface area (Å²) in [6.45, 7) is 10.7. The predicted octanol–water partition coefficient (Wildman–Crippen LogP) is 2.93. The summed E-state index contributed by atoms with van der Waals surface area (Å²) in [5.41, 5.74) is 2.78. The first-order valence-corrected chi connectivity index (χ1v) is 9.47. The van der Waals surface area contributed by atoms with E-state index in [1.165, 1.54) is 11.1 Å². The van der Waals surface area contributed by atoms with Crippen LogP contribution in [0.1, 0.15) is 55.9 Å². The second kappa shape index (κ2) is 9.94. The van der Waals surface area contributed by atoms with Crippen molar-refractivity contribution < 1.29 is 0 Å². The summed E-state index contributed by atoms with van der Waals surface area (Å²) in [5.74, 6) is 3.17. The molecule has 0 atom stereocenters. The third-order valence-corrected chi connectivity index (χ3v) is 4.49. The lowest BCUT2D eigenvalue weighted by Crippen LogP contribution is -2.38. The Morgan fingerprint density at radius 3 is 2.46 bits per heavy atom. The summed E-state index contributed by atoms with van der Waals surface area (Å²) in [6, 6.07) is 8.96. The lowest BCUT2D eigenvalue weighted by molar-refractivity contribution is 0.730. The molecule has 0 bridgehead atoms.